The summed E-state index contributed by atoms with van der Waals surface area (Å²) in [6, 6.07) is 25.5. The average Bonchev–Trinajstić information content (AvgIpc) is 3.39. The Morgan fingerprint density at radius 1 is 0.902 bits per heavy atom. The summed E-state index contributed by atoms with van der Waals surface area (Å²) in [7, 11) is 2.09. The van der Waals surface area contributed by atoms with Gasteiger partial charge in [-0.15, -0.1) is 0 Å². The maximum Gasteiger partial charge on any atom is 0.137 e. The molecule has 1 fully saturated rings. The molecule has 0 spiro atoms. The van der Waals surface area contributed by atoms with Crippen molar-refractivity contribution in [1.29, 1.82) is 0 Å². The third-order valence-corrected chi connectivity index (χ3v) is 8.22. The molecule has 0 bridgehead atoms. The second-order valence-corrected chi connectivity index (χ2v) is 11.1. The Morgan fingerprint density at radius 3 is 2.66 bits per heavy atom. The van der Waals surface area contributed by atoms with Crippen LogP contribution in [0.1, 0.15) is 24.8 Å². The molecule has 5 aromatic rings. The highest BCUT2D eigenvalue weighted by atomic mass is 16.5. The van der Waals surface area contributed by atoms with E-state index in [1.165, 1.54) is 35.0 Å². The van der Waals surface area contributed by atoms with Gasteiger partial charge in [-0.1, -0.05) is 30.3 Å². The van der Waals surface area contributed by atoms with Crippen molar-refractivity contribution in [2.75, 3.05) is 50.0 Å². The Balaban J connectivity index is 0.920. The van der Waals surface area contributed by atoms with Gasteiger partial charge in [0.2, 0.25) is 0 Å². The van der Waals surface area contributed by atoms with Crippen molar-refractivity contribution in [3.05, 3.63) is 90.9 Å². The fraction of sp³-hybridized carbons (Fsp3) is 0.353. The molecule has 2 N–H and O–H groups in total. The highest BCUT2D eigenvalue weighted by molar-refractivity contribution is 5.89. The summed E-state index contributed by atoms with van der Waals surface area (Å²) in [5.74, 6) is 2.35. The molecule has 1 aliphatic heterocycles. The van der Waals surface area contributed by atoms with Crippen LogP contribution in [0.3, 0.4) is 0 Å². The van der Waals surface area contributed by atoms with Gasteiger partial charge in [0, 0.05) is 60.9 Å². The number of hydrogen-bond acceptors (Lipinski definition) is 6. The van der Waals surface area contributed by atoms with Gasteiger partial charge in [-0.25, -0.2) is 9.97 Å². The number of rotatable bonds is 12. The summed E-state index contributed by atoms with van der Waals surface area (Å²) in [5, 5.41) is 9.41. The molecule has 0 radical (unpaired) electrons. The van der Waals surface area contributed by atoms with Crippen LogP contribution in [0.5, 0.6) is 5.75 Å². The first-order valence-electron chi connectivity index (χ1n) is 14.9. The van der Waals surface area contributed by atoms with Gasteiger partial charge in [0.1, 0.15) is 17.9 Å². The molecule has 6 rings (SSSR count). The van der Waals surface area contributed by atoms with Crippen molar-refractivity contribution in [2.24, 2.45) is 13.0 Å². The van der Waals surface area contributed by atoms with Crippen LogP contribution in [-0.2, 0) is 13.5 Å². The second-order valence-electron chi connectivity index (χ2n) is 11.1. The van der Waals surface area contributed by atoms with E-state index in [0.29, 0.717) is 5.92 Å². The largest absolute Gasteiger partial charge is 0.493 e. The minimum absolute atomic E-state index is 0.586. The van der Waals surface area contributed by atoms with Crippen LogP contribution in [0.4, 0.5) is 11.5 Å². The number of nitrogens with one attached hydrogen (secondary N) is 2. The molecule has 0 unspecified atom stereocenters. The lowest BCUT2D eigenvalue weighted by molar-refractivity contribution is 0.145. The molecule has 0 aliphatic carbocycles. The van der Waals surface area contributed by atoms with E-state index in [1.807, 2.05) is 6.07 Å². The Hall–Kier alpha value is -4.10. The van der Waals surface area contributed by atoms with Gasteiger partial charge in [0.05, 0.1) is 12.1 Å². The number of likely N-dealkylation sites (tertiary alicyclic amines) is 1. The SMILES string of the molecule is Cn1ccc2cc(NCCN3CCC(COc4ccc5c(NCCCc6ccccc6)ncnc5c4)CC3)ccc21. The number of aryl methyl sites for hydroxylation is 2. The van der Waals surface area contributed by atoms with Crippen molar-refractivity contribution in [1.82, 2.24) is 19.4 Å². The Kier molecular flexibility index (Phi) is 8.62. The Labute approximate surface area is 242 Å². The quantitative estimate of drug-likeness (QED) is 0.177. The number of nitrogens with zero attached hydrogens (tertiary/aromatic N) is 4. The van der Waals surface area contributed by atoms with Crippen molar-refractivity contribution in [3.8, 4) is 5.75 Å². The molecular formula is C34H40N6O. The summed E-state index contributed by atoms with van der Waals surface area (Å²) in [4.78, 5) is 11.6. The monoisotopic (exact) mass is 548 g/mol. The number of fused-ring (bicyclic) bond motifs is 2. The van der Waals surface area contributed by atoms with E-state index in [-0.39, 0.29) is 0 Å². The highest BCUT2D eigenvalue weighted by Crippen LogP contribution is 2.26. The van der Waals surface area contributed by atoms with Gasteiger partial charge < -0.3 is 24.8 Å². The molecule has 0 amide bonds. The van der Waals surface area contributed by atoms with Crippen molar-refractivity contribution in [2.45, 2.75) is 25.7 Å². The minimum Gasteiger partial charge on any atom is -0.493 e. The predicted octanol–water partition coefficient (Wildman–Crippen LogP) is 6.37. The first kappa shape index (κ1) is 27.1. The average molecular weight is 549 g/mol. The fourth-order valence-electron chi connectivity index (χ4n) is 5.75. The lowest BCUT2D eigenvalue weighted by Crippen LogP contribution is -2.38. The zero-order valence-corrected chi connectivity index (χ0v) is 23.9. The van der Waals surface area contributed by atoms with Crippen molar-refractivity contribution >= 4 is 33.3 Å². The van der Waals surface area contributed by atoms with Crippen molar-refractivity contribution in [3.63, 3.8) is 0 Å². The molecule has 3 heterocycles. The number of aromatic nitrogens is 3. The normalized spacial score (nSPS) is 14.5. The predicted molar refractivity (Wildman–Crippen MR) is 169 cm³/mol. The Bertz CT molecular complexity index is 1560. The summed E-state index contributed by atoms with van der Waals surface area (Å²) in [5.41, 5.74) is 4.74. The second kappa shape index (κ2) is 13.0. The van der Waals surface area contributed by atoms with Gasteiger partial charge in [0.15, 0.2) is 0 Å². The van der Waals surface area contributed by atoms with Crippen LogP contribution in [0.2, 0.25) is 0 Å². The van der Waals surface area contributed by atoms with Crippen LogP contribution in [0.15, 0.2) is 85.3 Å². The van der Waals surface area contributed by atoms with Gasteiger partial charge >= 0.3 is 0 Å². The van der Waals surface area contributed by atoms with Crippen molar-refractivity contribution < 1.29 is 4.74 Å². The third kappa shape index (κ3) is 6.98. The molecule has 1 saturated heterocycles. The number of benzene rings is 3. The van der Waals surface area contributed by atoms with E-state index in [1.54, 1.807) is 6.33 Å². The summed E-state index contributed by atoms with van der Waals surface area (Å²) in [6.07, 6.45) is 8.19. The standard InChI is InChI=1S/C34H40N6O/c1-39-18-15-28-22-29(9-12-33(28)39)35-17-21-40-19-13-27(14-20-40)24-41-30-10-11-31-32(23-30)37-25-38-34(31)36-16-5-8-26-6-3-2-4-7-26/h2-4,6-7,9-12,15,18,22-23,25,27,35H,5,8,13-14,16-17,19-21,24H2,1H3,(H,36,37,38). The topological polar surface area (TPSA) is 67.2 Å². The molecule has 2 aromatic heterocycles. The summed E-state index contributed by atoms with van der Waals surface area (Å²) >= 11 is 0. The van der Waals surface area contributed by atoms with Crippen LogP contribution in [0.25, 0.3) is 21.8 Å². The van der Waals surface area contributed by atoms with E-state index in [2.05, 4.69) is 110 Å². The molecule has 7 heteroatoms. The minimum atomic E-state index is 0.586. The fourth-order valence-corrected chi connectivity index (χ4v) is 5.75. The smallest absolute Gasteiger partial charge is 0.137 e. The zero-order valence-electron chi connectivity index (χ0n) is 23.9. The van der Waals surface area contributed by atoms with E-state index >= 15 is 0 Å². The van der Waals surface area contributed by atoms with Crippen LogP contribution in [0, 0.1) is 5.92 Å². The number of anilines is 2. The third-order valence-electron chi connectivity index (χ3n) is 8.22. The lowest BCUT2D eigenvalue weighted by atomic mass is 9.98. The number of piperidine rings is 1. The van der Waals surface area contributed by atoms with Gasteiger partial charge in [-0.2, -0.15) is 0 Å². The van der Waals surface area contributed by atoms with Gasteiger partial charge in [0.25, 0.3) is 0 Å². The van der Waals surface area contributed by atoms with Gasteiger partial charge in [-0.05, 0) is 86.7 Å². The van der Waals surface area contributed by atoms with Crippen LogP contribution in [-0.4, -0.2) is 58.8 Å². The van der Waals surface area contributed by atoms with E-state index < -0.39 is 0 Å². The lowest BCUT2D eigenvalue weighted by Gasteiger charge is -2.31. The van der Waals surface area contributed by atoms with E-state index in [9.17, 15) is 0 Å². The van der Waals surface area contributed by atoms with E-state index in [0.717, 1.165) is 74.6 Å². The first-order chi connectivity index (χ1) is 20.2. The highest BCUT2D eigenvalue weighted by Gasteiger charge is 2.19. The maximum atomic E-state index is 6.24. The molecule has 3 aromatic carbocycles. The maximum absolute atomic E-state index is 6.24. The molecule has 0 atom stereocenters. The number of ether oxygens (including phenoxy) is 1. The summed E-state index contributed by atoms with van der Waals surface area (Å²) in [6.45, 7) is 5.90. The Morgan fingerprint density at radius 2 is 1.78 bits per heavy atom. The molecule has 1 aliphatic rings. The molecule has 212 valence electrons. The molecule has 0 saturated carbocycles. The van der Waals surface area contributed by atoms with Crippen LogP contribution >= 0.6 is 0 Å². The summed E-state index contributed by atoms with van der Waals surface area (Å²) < 4.78 is 8.40. The molecule has 7 nitrogen and oxygen atoms in total. The van der Waals surface area contributed by atoms with Crippen LogP contribution < -0.4 is 15.4 Å². The van der Waals surface area contributed by atoms with Gasteiger partial charge in [-0.3, -0.25) is 0 Å². The molecule has 41 heavy (non-hydrogen) atoms. The number of hydrogen-bond donors (Lipinski definition) is 2. The van der Waals surface area contributed by atoms with E-state index in [4.69, 9.17) is 4.74 Å². The first-order valence-corrected chi connectivity index (χ1v) is 14.9. The molecular weight excluding hydrogens is 508 g/mol. The zero-order chi connectivity index (χ0) is 27.9.